The van der Waals surface area contributed by atoms with E-state index in [4.69, 9.17) is 9.47 Å². The van der Waals surface area contributed by atoms with Crippen LogP contribution in [0.15, 0.2) is 24.3 Å². The maximum atomic E-state index is 12.9. The molecule has 1 aromatic rings. The fraction of sp³-hybridized carbons (Fsp3) is 0.579. The molecule has 3 rings (SSSR count). The molecule has 0 bridgehead atoms. The largest absolute Gasteiger partial charge is 0.484 e. The second kappa shape index (κ2) is 8.03. The van der Waals surface area contributed by atoms with Gasteiger partial charge in [-0.2, -0.15) is 0 Å². The number of carbonyl (C=O) groups excluding carboxylic acids is 2. The van der Waals surface area contributed by atoms with Crippen molar-refractivity contribution in [2.24, 2.45) is 5.41 Å². The van der Waals surface area contributed by atoms with Crippen molar-refractivity contribution < 1.29 is 23.5 Å². The van der Waals surface area contributed by atoms with Crippen LogP contribution in [0.5, 0.6) is 5.75 Å². The first-order valence-corrected chi connectivity index (χ1v) is 8.98. The Bertz CT molecular complexity index is 651. The average Bonchev–Trinajstić information content (AvgIpc) is 3.07. The Morgan fingerprint density at radius 1 is 1.23 bits per heavy atom. The van der Waals surface area contributed by atoms with Crippen LogP contribution in [0.4, 0.5) is 4.39 Å². The molecule has 1 atom stereocenters. The van der Waals surface area contributed by atoms with E-state index in [9.17, 15) is 14.0 Å². The van der Waals surface area contributed by atoms with Gasteiger partial charge in [-0.3, -0.25) is 9.59 Å². The maximum absolute atomic E-state index is 12.9. The third-order valence-electron chi connectivity index (χ3n) is 5.27. The minimum absolute atomic E-state index is 0.108. The fourth-order valence-electron chi connectivity index (χ4n) is 3.80. The monoisotopic (exact) mass is 364 g/mol. The number of hydrogen-bond acceptors (Lipinski definition) is 4. The average molecular weight is 364 g/mol. The van der Waals surface area contributed by atoms with Crippen molar-refractivity contribution in [2.75, 3.05) is 46.5 Å². The molecular formula is C19H25FN2O4. The lowest BCUT2D eigenvalue weighted by molar-refractivity contribution is -0.147. The summed E-state index contributed by atoms with van der Waals surface area (Å²) >= 11 is 0. The van der Waals surface area contributed by atoms with Crippen LogP contribution in [-0.2, 0) is 14.3 Å². The standard InChI is InChI=1S/C19H25FN2O4/c1-25-12-11-21-9-2-7-19(18(21)24)8-10-22(14-19)17(23)13-26-16-5-3-15(20)4-6-16/h3-6H,2,7-14H2,1H3/t19-/m1/s1. The number of nitrogens with zero attached hydrogens (tertiary/aromatic N) is 2. The van der Waals surface area contributed by atoms with Crippen molar-refractivity contribution in [3.05, 3.63) is 30.1 Å². The molecule has 0 aromatic heterocycles. The molecule has 6 nitrogen and oxygen atoms in total. The van der Waals surface area contributed by atoms with Crippen LogP contribution in [0.25, 0.3) is 0 Å². The van der Waals surface area contributed by atoms with Crippen LogP contribution in [0.2, 0.25) is 0 Å². The number of halogens is 1. The van der Waals surface area contributed by atoms with Gasteiger partial charge < -0.3 is 19.3 Å². The second-order valence-corrected chi connectivity index (χ2v) is 6.98. The summed E-state index contributed by atoms with van der Waals surface area (Å²) < 4.78 is 23.4. The Hall–Kier alpha value is -2.15. The summed E-state index contributed by atoms with van der Waals surface area (Å²) in [6.07, 6.45) is 2.46. The van der Waals surface area contributed by atoms with E-state index in [0.717, 1.165) is 19.4 Å². The lowest BCUT2D eigenvalue weighted by Gasteiger charge is -2.39. The Morgan fingerprint density at radius 2 is 2.00 bits per heavy atom. The van der Waals surface area contributed by atoms with Crippen molar-refractivity contribution in [1.82, 2.24) is 9.80 Å². The molecule has 0 N–H and O–H groups in total. The minimum Gasteiger partial charge on any atom is -0.484 e. The van der Waals surface area contributed by atoms with E-state index in [0.29, 0.717) is 38.4 Å². The van der Waals surface area contributed by atoms with Gasteiger partial charge in [0.05, 0.1) is 12.0 Å². The number of carbonyl (C=O) groups is 2. The number of benzene rings is 1. The SMILES string of the molecule is COCCN1CCC[C@]2(CCN(C(=O)COc3ccc(F)cc3)C2)C1=O. The molecule has 142 valence electrons. The number of hydrogen-bond donors (Lipinski definition) is 0. The number of piperidine rings is 1. The molecule has 2 amide bonds. The first kappa shape index (κ1) is 18.6. The molecule has 0 unspecified atom stereocenters. The van der Waals surface area contributed by atoms with Gasteiger partial charge in [-0.05, 0) is 43.5 Å². The summed E-state index contributed by atoms with van der Waals surface area (Å²) in [4.78, 5) is 28.9. The van der Waals surface area contributed by atoms with Crippen LogP contribution in [0.3, 0.4) is 0 Å². The summed E-state index contributed by atoms with van der Waals surface area (Å²) in [6, 6.07) is 5.57. The lowest BCUT2D eigenvalue weighted by Crippen LogP contribution is -2.51. The molecule has 1 spiro atoms. The molecule has 1 aromatic carbocycles. The van der Waals surface area contributed by atoms with Gasteiger partial charge in [0, 0.05) is 33.3 Å². The summed E-state index contributed by atoms with van der Waals surface area (Å²) in [6.45, 7) is 2.78. The highest BCUT2D eigenvalue weighted by Crippen LogP contribution is 2.40. The summed E-state index contributed by atoms with van der Waals surface area (Å²) in [5, 5.41) is 0. The van der Waals surface area contributed by atoms with E-state index >= 15 is 0 Å². The topological polar surface area (TPSA) is 59.1 Å². The van der Waals surface area contributed by atoms with Crippen LogP contribution in [-0.4, -0.2) is 68.1 Å². The Kier molecular flexibility index (Phi) is 5.76. The quantitative estimate of drug-likeness (QED) is 0.771. The van der Waals surface area contributed by atoms with E-state index in [1.54, 1.807) is 12.0 Å². The van der Waals surface area contributed by atoms with E-state index < -0.39 is 5.41 Å². The number of methoxy groups -OCH3 is 1. The third kappa shape index (κ3) is 3.98. The fourth-order valence-corrected chi connectivity index (χ4v) is 3.80. The van der Waals surface area contributed by atoms with Crippen LogP contribution >= 0.6 is 0 Å². The lowest BCUT2D eigenvalue weighted by atomic mass is 9.78. The predicted octanol–water partition coefficient (Wildman–Crippen LogP) is 1.69. The molecule has 2 aliphatic heterocycles. The van der Waals surface area contributed by atoms with E-state index in [-0.39, 0.29) is 24.2 Å². The highest BCUT2D eigenvalue weighted by atomic mass is 19.1. The maximum Gasteiger partial charge on any atom is 0.260 e. The zero-order chi connectivity index (χ0) is 18.6. The molecule has 0 aliphatic carbocycles. The second-order valence-electron chi connectivity index (χ2n) is 6.98. The van der Waals surface area contributed by atoms with Crippen molar-refractivity contribution in [3.8, 4) is 5.75 Å². The number of ether oxygens (including phenoxy) is 2. The predicted molar refractivity (Wildman–Crippen MR) is 93.2 cm³/mol. The third-order valence-corrected chi connectivity index (χ3v) is 5.27. The van der Waals surface area contributed by atoms with Gasteiger partial charge in [-0.15, -0.1) is 0 Å². The minimum atomic E-state index is -0.461. The zero-order valence-electron chi connectivity index (χ0n) is 15.1. The van der Waals surface area contributed by atoms with Crippen LogP contribution in [0, 0.1) is 11.2 Å². The number of rotatable bonds is 6. The molecule has 0 radical (unpaired) electrons. The molecule has 2 saturated heterocycles. The van der Waals surface area contributed by atoms with Gasteiger partial charge in [0.25, 0.3) is 5.91 Å². The first-order valence-electron chi connectivity index (χ1n) is 8.98. The molecule has 2 heterocycles. The zero-order valence-corrected chi connectivity index (χ0v) is 15.1. The Morgan fingerprint density at radius 3 is 2.73 bits per heavy atom. The molecule has 0 saturated carbocycles. The van der Waals surface area contributed by atoms with E-state index in [1.807, 2.05) is 4.90 Å². The highest BCUT2D eigenvalue weighted by molar-refractivity contribution is 5.86. The van der Waals surface area contributed by atoms with Crippen molar-refractivity contribution in [2.45, 2.75) is 19.3 Å². The summed E-state index contributed by atoms with van der Waals surface area (Å²) in [5.41, 5.74) is -0.461. The molecular weight excluding hydrogens is 339 g/mol. The van der Waals surface area contributed by atoms with Gasteiger partial charge in [-0.25, -0.2) is 4.39 Å². The number of likely N-dealkylation sites (tertiary alicyclic amines) is 2. The van der Waals surface area contributed by atoms with Crippen LogP contribution in [0.1, 0.15) is 19.3 Å². The van der Waals surface area contributed by atoms with Gasteiger partial charge in [0.15, 0.2) is 6.61 Å². The molecule has 7 heteroatoms. The normalized spacial score (nSPS) is 22.9. The highest BCUT2D eigenvalue weighted by Gasteiger charge is 2.49. The van der Waals surface area contributed by atoms with Gasteiger partial charge in [-0.1, -0.05) is 0 Å². The summed E-state index contributed by atoms with van der Waals surface area (Å²) in [7, 11) is 1.63. The Labute approximate surface area is 152 Å². The van der Waals surface area contributed by atoms with E-state index in [2.05, 4.69) is 0 Å². The molecule has 2 aliphatic rings. The van der Waals surface area contributed by atoms with Gasteiger partial charge >= 0.3 is 0 Å². The number of amides is 2. The molecule has 2 fully saturated rings. The smallest absolute Gasteiger partial charge is 0.260 e. The van der Waals surface area contributed by atoms with E-state index in [1.165, 1.54) is 24.3 Å². The van der Waals surface area contributed by atoms with Crippen LogP contribution < -0.4 is 4.74 Å². The summed E-state index contributed by atoms with van der Waals surface area (Å²) in [5.74, 6) is 0.0933. The van der Waals surface area contributed by atoms with Crippen molar-refractivity contribution >= 4 is 11.8 Å². The van der Waals surface area contributed by atoms with Crippen molar-refractivity contribution in [3.63, 3.8) is 0 Å². The molecule has 26 heavy (non-hydrogen) atoms. The Balaban J connectivity index is 1.55. The first-order chi connectivity index (χ1) is 12.5. The van der Waals surface area contributed by atoms with Gasteiger partial charge in [0.2, 0.25) is 5.91 Å². The van der Waals surface area contributed by atoms with Gasteiger partial charge in [0.1, 0.15) is 11.6 Å². The van der Waals surface area contributed by atoms with Crippen molar-refractivity contribution in [1.29, 1.82) is 0 Å².